The normalized spacial score (nSPS) is 12.0. The van der Waals surface area contributed by atoms with Crippen molar-refractivity contribution in [1.29, 1.82) is 0 Å². The second-order valence-corrected chi connectivity index (χ2v) is 11.8. The Morgan fingerprint density at radius 1 is 0.884 bits per heavy atom. The summed E-state index contributed by atoms with van der Waals surface area (Å²) >= 11 is 0. The molecule has 0 radical (unpaired) electrons. The van der Waals surface area contributed by atoms with Gasteiger partial charge in [0, 0.05) is 0 Å². The lowest BCUT2D eigenvalue weighted by molar-refractivity contribution is -0.123. The molecule has 0 aromatic heterocycles. The smallest absolute Gasteiger partial charge is 0.264 e. The minimum atomic E-state index is -4.02. The van der Waals surface area contributed by atoms with E-state index in [0.717, 1.165) is 15.4 Å². The van der Waals surface area contributed by atoms with Crippen LogP contribution in [0.2, 0.25) is 0 Å². The van der Waals surface area contributed by atoms with Gasteiger partial charge in [-0.1, -0.05) is 60.7 Å². The number of hydrogen-bond acceptors (Lipinski definition) is 6. The van der Waals surface area contributed by atoms with Gasteiger partial charge in [-0.3, -0.25) is 13.9 Å². The van der Waals surface area contributed by atoms with Crippen LogP contribution in [0.15, 0.2) is 113 Å². The minimum Gasteiger partial charge on any atom is -0.484 e. The fourth-order valence-electron chi connectivity index (χ4n) is 4.26. The number of hydrazone groups is 1. The van der Waals surface area contributed by atoms with Crippen LogP contribution in [-0.4, -0.2) is 39.6 Å². The summed E-state index contributed by atoms with van der Waals surface area (Å²) in [5.41, 5.74) is 6.08. The van der Waals surface area contributed by atoms with E-state index in [4.69, 9.17) is 4.74 Å². The number of ether oxygens (including phenoxy) is 1. The zero-order chi connectivity index (χ0) is 30.8. The Hall–Kier alpha value is -4.96. The second-order valence-electron chi connectivity index (χ2n) is 9.97. The number of hydrogen-bond donors (Lipinski definition) is 2. The first-order valence-corrected chi connectivity index (χ1v) is 15.1. The van der Waals surface area contributed by atoms with Crippen LogP contribution in [0.4, 0.5) is 5.69 Å². The highest BCUT2D eigenvalue weighted by molar-refractivity contribution is 7.92. The lowest BCUT2D eigenvalue weighted by Crippen LogP contribution is -2.40. The quantitative estimate of drug-likeness (QED) is 0.178. The molecular formula is C33H34N4O5S. The van der Waals surface area contributed by atoms with Crippen LogP contribution in [-0.2, 0) is 19.6 Å². The number of amides is 2. The summed E-state index contributed by atoms with van der Waals surface area (Å²) < 4.78 is 33.8. The molecule has 9 nitrogen and oxygen atoms in total. The van der Waals surface area contributed by atoms with Gasteiger partial charge in [0.1, 0.15) is 12.3 Å². The summed E-state index contributed by atoms with van der Waals surface area (Å²) in [6, 6.07) is 29.8. The van der Waals surface area contributed by atoms with Crippen molar-refractivity contribution in [2.45, 2.75) is 31.7 Å². The molecule has 0 fully saturated rings. The average molecular weight is 599 g/mol. The second kappa shape index (κ2) is 14.3. The molecule has 4 rings (SSSR count). The van der Waals surface area contributed by atoms with Gasteiger partial charge in [-0.15, -0.1) is 0 Å². The van der Waals surface area contributed by atoms with Crippen LogP contribution < -0.4 is 19.8 Å². The molecule has 4 aromatic rings. The van der Waals surface area contributed by atoms with E-state index in [1.54, 1.807) is 55.5 Å². The summed E-state index contributed by atoms with van der Waals surface area (Å²) in [4.78, 5) is 25.2. The summed E-state index contributed by atoms with van der Waals surface area (Å²) in [5.74, 6) is -0.347. The Bertz CT molecular complexity index is 1680. The van der Waals surface area contributed by atoms with Gasteiger partial charge >= 0.3 is 0 Å². The van der Waals surface area contributed by atoms with Crippen LogP contribution >= 0.6 is 0 Å². The van der Waals surface area contributed by atoms with Crippen LogP contribution in [0.1, 0.15) is 35.2 Å². The molecule has 222 valence electrons. The van der Waals surface area contributed by atoms with E-state index >= 15 is 0 Å². The van der Waals surface area contributed by atoms with Crippen molar-refractivity contribution in [3.63, 3.8) is 0 Å². The third-order valence-electron chi connectivity index (χ3n) is 6.58. The van der Waals surface area contributed by atoms with Gasteiger partial charge < -0.3 is 10.1 Å². The third kappa shape index (κ3) is 8.52. The van der Waals surface area contributed by atoms with E-state index in [0.29, 0.717) is 22.6 Å². The van der Waals surface area contributed by atoms with Gasteiger partial charge in [0.15, 0.2) is 6.61 Å². The molecule has 0 aliphatic rings. The fraction of sp³-hybridized carbons (Fsp3) is 0.182. The molecule has 0 aliphatic carbocycles. The van der Waals surface area contributed by atoms with E-state index < -0.39 is 22.5 Å². The molecule has 2 amide bonds. The number of benzene rings is 4. The zero-order valence-electron chi connectivity index (χ0n) is 24.2. The highest BCUT2D eigenvalue weighted by Crippen LogP contribution is 2.27. The maximum atomic E-state index is 13.5. The molecule has 2 N–H and O–H groups in total. The van der Waals surface area contributed by atoms with Crippen LogP contribution in [0.3, 0.4) is 0 Å². The highest BCUT2D eigenvalue weighted by atomic mass is 32.2. The molecule has 0 heterocycles. The molecule has 0 spiro atoms. The van der Waals surface area contributed by atoms with Gasteiger partial charge in [-0.05, 0) is 85.5 Å². The van der Waals surface area contributed by atoms with Crippen LogP contribution in [0, 0.1) is 13.8 Å². The first kappa shape index (κ1) is 31.0. The van der Waals surface area contributed by atoms with Crippen molar-refractivity contribution in [2.24, 2.45) is 5.10 Å². The van der Waals surface area contributed by atoms with Crippen molar-refractivity contribution in [1.82, 2.24) is 10.7 Å². The summed E-state index contributed by atoms with van der Waals surface area (Å²) in [6.07, 6.45) is 1.43. The maximum absolute atomic E-state index is 13.5. The standard InChI is InChI=1S/C33H34N4O5S/c1-24-14-15-25(2)31(20-24)37(43(40,41)30-12-8-5-9-13-30)22-32(38)36-34-21-27-16-18-29(19-17-27)42-23-33(39)35-26(3)28-10-6-4-7-11-28/h4-21,26H,22-23H2,1-3H3,(H,35,39)(H,36,38)/b34-21-/t26-/m0/s1. The molecular weight excluding hydrogens is 564 g/mol. The van der Waals surface area contributed by atoms with Gasteiger partial charge in [-0.25, -0.2) is 13.8 Å². The first-order valence-electron chi connectivity index (χ1n) is 13.7. The van der Waals surface area contributed by atoms with E-state index in [1.807, 2.05) is 56.3 Å². The molecule has 43 heavy (non-hydrogen) atoms. The minimum absolute atomic E-state index is 0.0812. The molecule has 0 saturated heterocycles. The predicted octanol–water partition coefficient (Wildman–Crippen LogP) is 4.91. The number of sulfonamides is 1. The molecule has 0 saturated carbocycles. The number of nitrogens with zero attached hydrogens (tertiary/aromatic N) is 2. The Balaban J connectivity index is 1.34. The molecule has 10 heteroatoms. The van der Waals surface area contributed by atoms with Gasteiger partial charge in [-0.2, -0.15) is 5.10 Å². The number of aryl methyl sites for hydroxylation is 2. The summed E-state index contributed by atoms with van der Waals surface area (Å²) in [5, 5.41) is 6.90. The summed E-state index contributed by atoms with van der Waals surface area (Å²) in [7, 11) is -4.02. The van der Waals surface area contributed by atoms with Crippen LogP contribution in [0.25, 0.3) is 0 Å². The number of rotatable bonds is 12. The highest BCUT2D eigenvalue weighted by Gasteiger charge is 2.28. The van der Waals surface area contributed by atoms with Crippen molar-refractivity contribution in [3.8, 4) is 5.75 Å². The van der Waals surface area contributed by atoms with Crippen molar-refractivity contribution >= 4 is 33.7 Å². The number of anilines is 1. The molecule has 0 unspecified atom stereocenters. The average Bonchev–Trinajstić information content (AvgIpc) is 3.01. The Labute approximate surface area is 252 Å². The first-order chi connectivity index (χ1) is 20.6. The van der Waals surface area contributed by atoms with Crippen molar-refractivity contribution in [2.75, 3.05) is 17.5 Å². The van der Waals surface area contributed by atoms with E-state index in [2.05, 4.69) is 15.8 Å². The number of carbonyl (C=O) groups excluding carboxylic acids is 2. The monoisotopic (exact) mass is 598 g/mol. The van der Waals surface area contributed by atoms with Crippen molar-refractivity contribution < 1.29 is 22.7 Å². The van der Waals surface area contributed by atoms with E-state index in [-0.39, 0.29) is 23.5 Å². The number of nitrogens with one attached hydrogen (secondary N) is 2. The Morgan fingerprint density at radius 3 is 2.21 bits per heavy atom. The zero-order valence-corrected chi connectivity index (χ0v) is 25.0. The van der Waals surface area contributed by atoms with Gasteiger partial charge in [0.25, 0.3) is 21.8 Å². The fourth-order valence-corrected chi connectivity index (χ4v) is 5.76. The summed E-state index contributed by atoms with van der Waals surface area (Å²) in [6.45, 7) is 4.96. The molecule has 0 bridgehead atoms. The van der Waals surface area contributed by atoms with Gasteiger partial charge in [0.05, 0.1) is 22.8 Å². The lowest BCUT2D eigenvalue weighted by atomic mass is 10.1. The Kier molecular flexibility index (Phi) is 10.3. The van der Waals surface area contributed by atoms with E-state index in [9.17, 15) is 18.0 Å². The predicted molar refractivity (Wildman–Crippen MR) is 168 cm³/mol. The maximum Gasteiger partial charge on any atom is 0.264 e. The molecule has 1 atom stereocenters. The van der Waals surface area contributed by atoms with Gasteiger partial charge in [0.2, 0.25) is 0 Å². The molecule has 4 aromatic carbocycles. The van der Waals surface area contributed by atoms with Crippen molar-refractivity contribution in [3.05, 3.63) is 125 Å². The molecule has 0 aliphatic heterocycles. The topological polar surface area (TPSA) is 117 Å². The van der Waals surface area contributed by atoms with E-state index in [1.165, 1.54) is 18.3 Å². The SMILES string of the molecule is Cc1ccc(C)c(N(CC(=O)N/N=C\c2ccc(OCC(=O)N[C@@H](C)c3ccccc3)cc2)S(=O)(=O)c2ccccc2)c1. The Morgan fingerprint density at radius 2 is 1.53 bits per heavy atom. The third-order valence-corrected chi connectivity index (χ3v) is 8.36. The lowest BCUT2D eigenvalue weighted by Gasteiger charge is -2.25. The van der Waals surface area contributed by atoms with Crippen LogP contribution in [0.5, 0.6) is 5.75 Å². The number of carbonyl (C=O) groups is 2. The largest absolute Gasteiger partial charge is 0.484 e.